The van der Waals surface area contributed by atoms with Crippen molar-refractivity contribution in [2.75, 3.05) is 6.54 Å². The SMILES string of the molecule is CCn1c(C(CN)C2CCC(C(C)(C)C)CC2)nc2ccccc21. The predicted octanol–water partition coefficient (Wildman–Crippen LogP) is 4.95. The number of hydrogen-bond donors (Lipinski definition) is 1. The van der Waals surface area contributed by atoms with Gasteiger partial charge in [0.05, 0.1) is 11.0 Å². The molecule has 1 fully saturated rings. The van der Waals surface area contributed by atoms with Crippen LogP contribution in [0.3, 0.4) is 0 Å². The van der Waals surface area contributed by atoms with Crippen LogP contribution in [0, 0.1) is 17.3 Å². The summed E-state index contributed by atoms with van der Waals surface area (Å²) in [5.74, 6) is 3.12. The van der Waals surface area contributed by atoms with Gasteiger partial charge in [0.15, 0.2) is 0 Å². The van der Waals surface area contributed by atoms with Crippen molar-refractivity contribution in [2.24, 2.45) is 23.0 Å². The van der Waals surface area contributed by atoms with E-state index in [2.05, 4.69) is 56.5 Å². The first-order valence-corrected chi connectivity index (χ1v) is 9.61. The first-order chi connectivity index (χ1) is 11.5. The Morgan fingerprint density at radius 1 is 1.17 bits per heavy atom. The molecule has 1 aromatic heterocycles. The summed E-state index contributed by atoms with van der Waals surface area (Å²) < 4.78 is 2.38. The monoisotopic (exact) mass is 327 g/mol. The lowest BCUT2D eigenvalue weighted by Gasteiger charge is -2.39. The van der Waals surface area contributed by atoms with E-state index in [9.17, 15) is 0 Å². The van der Waals surface area contributed by atoms with Crippen LogP contribution < -0.4 is 5.73 Å². The van der Waals surface area contributed by atoms with Gasteiger partial charge in [0.2, 0.25) is 0 Å². The van der Waals surface area contributed by atoms with E-state index in [0.29, 0.717) is 23.8 Å². The maximum Gasteiger partial charge on any atom is 0.114 e. The Morgan fingerprint density at radius 3 is 2.42 bits per heavy atom. The Balaban J connectivity index is 1.85. The summed E-state index contributed by atoms with van der Waals surface area (Å²) in [7, 11) is 0. The minimum absolute atomic E-state index is 0.387. The van der Waals surface area contributed by atoms with E-state index in [1.165, 1.54) is 37.0 Å². The van der Waals surface area contributed by atoms with Gasteiger partial charge in [0, 0.05) is 19.0 Å². The Labute approximate surface area is 146 Å². The zero-order valence-electron chi connectivity index (χ0n) is 15.8. The second kappa shape index (κ2) is 6.87. The van der Waals surface area contributed by atoms with Crippen molar-refractivity contribution in [3.63, 3.8) is 0 Å². The molecule has 3 rings (SSSR count). The number of para-hydroxylation sites is 2. The summed E-state index contributed by atoms with van der Waals surface area (Å²) in [6.45, 7) is 11.0. The standard InChI is InChI=1S/C21H33N3/c1-5-24-19-9-7-6-8-18(19)23-20(24)17(14-22)15-10-12-16(13-11-15)21(2,3)4/h6-9,15-17H,5,10-14,22H2,1-4H3. The number of fused-ring (bicyclic) bond motifs is 1. The molecule has 0 spiro atoms. The highest BCUT2D eigenvalue weighted by molar-refractivity contribution is 5.76. The van der Waals surface area contributed by atoms with Gasteiger partial charge in [-0.3, -0.25) is 0 Å². The maximum atomic E-state index is 6.25. The van der Waals surface area contributed by atoms with Crippen LogP contribution in [0.4, 0.5) is 0 Å². The molecule has 1 unspecified atom stereocenters. The van der Waals surface area contributed by atoms with Crippen molar-refractivity contribution >= 4 is 11.0 Å². The summed E-state index contributed by atoms with van der Waals surface area (Å²) in [4.78, 5) is 4.98. The predicted molar refractivity (Wildman–Crippen MR) is 102 cm³/mol. The van der Waals surface area contributed by atoms with Gasteiger partial charge in [-0.05, 0) is 62.0 Å². The van der Waals surface area contributed by atoms with Gasteiger partial charge in [0.1, 0.15) is 5.82 Å². The summed E-state index contributed by atoms with van der Waals surface area (Å²) in [6.07, 6.45) is 5.24. The molecule has 0 bridgehead atoms. The first-order valence-electron chi connectivity index (χ1n) is 9.61. The topological polar surface area (TPSA) is 43.8 Å². The molecule has 0 radical (unpaired) electrons. The third-order valence-corrected chi connectivity index (χ3v) is 6.15. The van der Waals surface area contributed by atoms with Crippen LogP contribution in [0.15, 0.2) is 24.3 Å². The number of nitrogens with zero attached hydrogens (tertiary/aromatic N) is 2. The highest BCUT2D eigenvalue weighted by atomic mass is 15.1. The summed E-state index contributed by atoms with van der Waals surface area (Å²) >= 11 is 0. The number of benzene rings is 1. The summed E-state index contributed by atoms with van der Waals surface area (Å²) in [6, 6.07) is 8.48. The second-order valence-electron chi connectivity index (χ2n) is 8.52. The molecule has 0 saturated heterocycles. The molecule has 3 nitrogen and oxygen atoms in total. The molecule has 0 amide bonds. The fourth-order valence-corrected chi connectivity index (χ4v) is 4.61. The van der Waals surface area contributed by atoms with Crippen molar-refractivity contribution in [2.45, 2.75) is 65.8 Å². The highest BCUT2D eigenvalue weighted by Gasteiger charge is 2.34. The van der Waals surface area contributed by atoms with E-state index < -0.39 is 0 Å². The number of nitrogens with two attached hydrogens (primary N) is 1. The molecule has 3 heteroatoms. The van der Waals surface area contributed by atoms with Crippen LogP contribution in [-0.4, -0.2) is 16.1 Å². The van der Waals surface area contributed by atoms with Crippen molar-refractivity contribution < 1.29 is 0 Å². The number of imidazole rings is 1. The lowest BCUT2D eigenvalue weighted by atomic mass is 9.67. The van der Waals surface area contributed by atoms with Crippen molar-refractivity contribution in [1.82, 2.24) is 9.55 Å². The summed E-state index contributed by atoms with van der Waals surface area (Å²) in [5, 5.41) is 0. The van der Waals surface area contributed by atoms with Crippen LogP contribution in [-0.2, 0) is 6.54 Å². The molecule has 2 aromatic rings. The average molecular weight is 328 g/mol. The van der Waals surface area contributed by atoms with Crippen LogP contribution in [0.5, 0.6) is 0 Å². The van der Waals surface area contributed by atoms with Crippen LogP contribution >= 0.6 is 0 Å². The number of rotatable bonds is 4. The van der Waals surface area contributed by atoms with Gasteiger partial charge in [-0.15, -0.1) is 0 Å². The van der Waals surface area contributed by atoms with Gasteiger partial charge in [0.25, 0.3) is 0 Å². The zero-order chi connectivity index (χ0) is 17.3. The highest BCUT2D eigenvalue weighted by Crippen LogP contribution is 2.44. The van der Waals surface area contributed by atoms with E-state index in [1.54, 1.807) is 0 Å². The van der Waals surface area contributed by atoms with E-state index in [4.69, 9.17) is 10.7 Å². The van der Waals surface area contributed by atoms with Crippen molar-refractivity contribution in [3.8, 4) is 0 Å². The van der Waals surface area contributed by atoms with Gasteiger partial charge >= 0.3 is 0 Å². The van der Waals surface area contributed by atoms with Gasteiger partial charge in [-0.2, -0.15) is 0 Å². The second-order valence-corrected chi connectivity index (χ2v) is 8.52. The Hall–Kier alpha value is -1.35. The van der Waals surface area contributed by atoms with Gasteiger partial charge in [-0.1, -0.05) is 32.9 Å². The normalized spacial score (nSPS) is 23.5. The average Bonchev–Trinajstić information content (AvgIpc) is 2.93. The van der Waals surface area contributed by atoms with Crippen molar-refractivity contribution in [3.05, 3.63) is 30.1 Å². The molecule has 1 atom stereocenters. The van der Waals surface area contributed by atoms with Crippen LogP contribution in [0.2, 0.25) is 0 Å². The summed E-state index contributed by atoms with van der Waals surface area (Å²) in [5.41, 5.74) is 9.03. The molecule has 0 aliphatic heterocycles. The van der Waals surface area contributed by atoms with E-state index in [1.807, 2.05) is 0 Å². The molecule has 24 heavy (non-hydrogen) atoms. The minimum atomic E-state index is 0.387. The zero-order valence-corrected chi connectivity index (χ0v) is 15.8. The van der Waals surface area contributed by atoms with E-state index >= 15 is 0 Å². The van der Waals surface area contributed by atoms with Gasteiger partial charge < -0.3 is 10.3 Å². The van der Waals surface area contributed by atoms with E-state index in [-0.39, 0.29) is 0 Å². The molecule has 132 valence electrons. The third-order valence-electron chi connectivity index (χ3n) is 6.15. The fourth-order valence-electron chi connectivity index (χ4n) is 4.61. The Bertz CT molecular complexity index is 672. The number of aromatic nitrogens is 2. The van der Waals surface area contributed by atoms with Crippen LogP contribution in [0.25, 0.3) is 11.0 Å². The van der Waals surface area contributed by atoms with Gasteiger partial charge in [-0.25, -0.2) is 4.98 Å². The Morgan fingerprint density at radius 2 is 1.83 bits per heavy atom. The minimum Gasteiger partial charge on any atom is -0.330 e. The molecule has 2 N–H and O–H groups in total. The molecule has 1 aliphatic rings. The fraction of sp³-hybridized carbons (Fsp3) is 0.667. The number of aryl methyl sites for hydroxylation is 1. The maximum absolute atomic E-state index is 6.25. The smallest absolute Gasteiger partial charge is 0.114 e. The van der Waals surface area contributed by atoms with Crippen LogP contribution in [0.1, 0.15) is 65.1 Å². The molecular formula is C21H33N3. The van der Waals surface area contributed by atoms with Crippen molar-refractivity contribution in [1.29, 1.82) is 0 Å². The quantitative estimate of drug-likeness (QED) is 0.863. The molecule has 1 aliphatic carbocycles. The van der Waals surface area contributed by atoms with E-state index in [0.717, 1.165) is 18.0 Å². The third kappa shape index (κ3) is 3.23. The Kier molecular flexibility index (Phi) is 5.00. The molecule has 1 aromatic carbocycles. The molecule has 1 saturated carbocycles. The molecule has 1 heterocycles. The number of hydrogen-bond acceptors (Lipinski definition) is 2. The largest absolute Gasteiger partial charge is 0.330 e. The lowest BCUT2D eigenvalue weighted by Crippen LogP contribution is -2.31. The first kappa shape index (κ1) is 17.5. The lowest BCUT2D eigenvalue weighted by molar-refractivity contribution is 0.138. The molecular weight excluding hydrogens is 294 g/mol.